The Kier molecular flexibility index (Phi) is 2.97. The molecular weight excluding hydrogens is 372 g/mol. The monoisotopic (exact) mass is 384 g/mol. The van der Waals surface area contributed by atoms with Gasteiger partial charge in [0.05, 0.1) is 0 Å². The predicted molar refractivity (Wildman–Crippen MR) is 91.3 cm³/mol. The van der Waals surface area contributed by atoms with E-state index in [9.17, 15) is 14.4 Å². The summed E-state index contributed by atoms with van der Waals surface area (Å²) < 4.78 is 2.16. The normalized spacial score (nSPS) is 16.4. The number of rotatable bonds is 2. The first-order valence-electron chi connectivity index (χ1n) is 8.18. The first kappa shape index (κ1) is 16.0. The van der Waals surface area contributed by atoms with Gasteiger partial charge in [-0.1, -0.05) is 0 Å². The first-order chi connectivity index (χ1) is 13.4. The van der Waals surface area contributed by atoms with Crippen molar-refractivity contribution >= 4 is 29.2 Å². The van der Waals surface area contributed by atoms with Gasteiger partial charge in [0.2, 0.25) is 11.9 Å². The Balaban J connectivity index is 1.86. The molecule has 1 aliphatic rings. The van der Waals surface area contributed by atoms with Gasteiger partial charge in [0, 0.05) is 6.42 Å². The SMILES string of the molecule is Nc1nnc2nc(C3(c4nc5nnc(N)n5[nH]c4=O)CCCC3=O)c(=O)[nH]n12. The molecule has 1 fully saturated rings. The number of hydrogen-bond donors (Lipinski definition) is 4. The van der Waals surface area contributed by atoms with E-state index in [1.807, 2.05) is 0 Å². The van der Waals surface area contributed by atoms with Crippen LogP contribution in [-0.2, 0) is 10.2 Å². The van der Waals surface area contributed by atoms with Crippen molar-refractivity contribution in [2.75, 3.05) is 11.5 Å². The molecule has 5 rings (SSSR count). The van der Waals surface area contributed by atoms with Crippen LogP contribution in [0.25, 0.3) is 11.6 Å². The molecule has 0 radical (unpaired) electrons. The van der Waals surface area contributed by atoms with Crippen molar-refractivity contribution in [3.8, 4) is 0 Å². The molecule has 6 N–H and O–H groups in total. The van der Waals surface area contributed by atoms with Crippen molar-refractivity contribution in [1.82, 2.24) is 49.6 Å². The van der Waals surface area contributed by atoms with Crippen LogP contribution in [0.2, 0.25) is 0 Å². The Morgan fingerprint density at radius 1 is 0.821 bits per heavy atom. The van der Waals surface area contributed by atoms with Gasteiger partial charge in [-0.15, -0.1) is 20.4 Å². The Hall–Kier alpha value is -4.17. The minimum Gasteiger partial charge on any atom is -0.366 e. The largest absolute Gasteiger partial charge is 0.366 e. The number of nitrogens with zero attached hydrogens (tertiary/aromatic N) is 8. The third-order valence-electron chi connectivity index (χ3n) is 4.86. The molecule has 0 aliphatic heterocycles. The molecule has 142 valence electrons. The molecule has 4 heterocycles. The van der Waals surface area contributed by atoms with Gasteiger partial charge in [-0.25, -0.2) is 9.97 Å². The third kappa shape index (κ3) is 1.89. The molecule has 0 amide bonds. The number of carbonyl (C=O) groups is 1. The van der Waals surface area contributed by atoms with E-state index >= 15 is 0 Å². The molecule has 0 saturated heterocycles. The highest BCUT2D eigenvalue weighted by molar-refractivity contribution is 5.94. The maximum Gasteiger partial charge on any atom is 0.286 e. The lowest BCUT2D eigenvalue weighted by atomic mass is 9.78. The molecule has 0 spiro atoms. The van der Waals surface area contributed by atoms with Gasteiger partial charge >= 0.3 is 0 Å². The van der Waals surface area contributed by atoms with E-state index in [4.69, 9.17) is 11.5 Å². The molecule has 4 aromatic heterocycles. The molecule has 1 saturated carbocycles. The van der Waals surface area contributed by atoms with Crippen molar-refractivity contribution in [2.45, 2.75) is 24.7 Å². The maximum absolute atomic E-state index is 13.0. The summed E-state index contributed by atoms with van der Waals surface area (Å²) in [4.78, 5) is 46.9. The number of nitrogens with two attached hydrogens (primary N) is 2. The van der Waals surface area contributed by atoms with Crippen molar-refractivity contribution in [3.63, 3.8) is 0 Å². The van der Waals surface area contributed by atoms with Crippen LogP contribution >= 0.6 is 0 Å². The fourth-order valence-corrected chi connectivity index (χ4v) is 3.60. The Bertz CT molecular complexity index is 1300. The minimum atomic E-state index is -1.66. The summed E-state index contributed by atoms with van der Waals surface area (Å²) in [6.07, 6.45) is 0.765. The highest BCUT2D eigenvalue weighted by Crippen LogP contribution is 2.39. The van der Waals surface area contributed by atoms with E-state index in [1.165, 1.54) is 0 Å². The molecule has 15 heteroatoms. The van der Waals surface area contributed by atoms with E-state index in [0.717, 1.165) is 9.03 Å². The topological polar surface area (TPSA) is 221 Å². The van der Waals surface area contributed by atoms with E-state index in [1.54, 1.807) is 0 Å². The fourth-order valence-electron chi connectivity index (χ4n) is 3.60. The van der Waals surface area contributed by atoms with Crippen LogP contribution < -0.4 is 22.6 Å². The van der Waals surface area contributed by atoms with Crippen molar-refractivity contribution < 1.29 is 4.79 Å². The highest BCUT2D eigenvalue weighted by Gasteiger charge is 2.51. The number of carbonyl (C=O) groups excluding carboxylic acids is 1. The number of aromatic amines is 2. The summed E-state index contributed by atoms with van der Waals surface area (Å²) in [6, 6.07) is 0. The lowest BCUT2D eigenvalue weighted by Gasteiger charge is -2.24. The van der Waals surface area contributed by atoms with E-state index in [0.29, 0.717) is 6.42 Å². The van der Waals surface area contributed by atoms with Gasteiger partial charge in [0.1, 0.15) is 16.8 Å². The summed E-state index contributed by atoms with van der Waals surface area (Å²) in [5.41, 5.74) is 7.76. The summed E-state index contributed by atoms with van der Waals surface area (Å²) in [7, 11) is 0. The van der Waals surface area contributed by atoms with Crippen LogP contribution in [0.3, 0.4) is 0 Å². The molecule has 0 atom stereocenters. The van der Waals surface area contributed by atoms with Gasteiger partial charge < -0.3 is 11.5 Å². The zero-order valence-electron chi connectivity index (χ0n) is 14.1. The number of ketones is 1. The molecule has 15 nitrogen and oxygen atoms in total. The Morgan fingerprint density at radius 3 is 1.75 bits per heavy atom. The average Bonchev–Trinajstić information content (AvgIpc) is 3.33. The summed E-state index contributed by atoms with van der Waals surface area (Å²) in [5, 5.41) is 19.7. The second-order valence-electron chi connectivity index (χ2n) is 6.37. The first-order valence-corrected chi connectivity index (χ1v) is 8.18. The minimum absolute atomic E-state index is 0.0181. The summed E-state index contributed by atoms with van der Waals surface area (Å²) >= 11 is 0. The number of fused-ring (bicyclic) bond motifs is 2. The lowest BCUT2D eigenvalue weighted by molar-refractivity contribution is -0.121. The molecule has 4 aromatic rings. The van der Waals surface area contributed by atoms with Crippen LogP contribution in [0, 0.1) is 0 Å². The number of Topliss-reactive ketones (excluding diaryl/α,β-unsaturated/α-hetero) is 1. The molecule has 0 unspecified atom stereocenters. The quantitative estimate of drug-likeness (QED) is 0.275. The lowest BCUT2D eigenvalue weighted by Crippen LogP contribution is -2.45. The Morgan fingerprint density at radius 2 is 1.32 bits per heavy atom. The van der Waals surface area contributed by atoms with Gasteiger partial charge in [-0.2, -0.15) is 9.03 Å². The van der Waals surface area contributed by atoms with Crippen molar-refractivity contribution in [2.24, 2.45) is 0 Å². The number of nitrogens with one attached hydrogen (secondary N) is 2. The molecule has 28 heavy (non-hydrogen) atoms. The van der Waals surface area contributed by atoms with Gasteiger partial charge in [0.15, 0.2) is 5.78 Å². The molecule has 1 aliphatic carbocycles. The van der Waals surface area contributed by atoms with Gasteiger partial charge in [-0.3, -0.25) is 24.6 Å². The van der Waals surface area contributed by atoms with Crippen LogP contribution in [0.1, 0.15) is 30.7 Å². The van der Waals surface area contributed by atoms with Crippen LogP contribution in [0.15, 0.2) is 9.59 Å². The second kappa shape index (κ2) is 5.18. The van der Waals surface area contributed by atoms with E-state index < -0.39 is 16.5 Å². The molecule has 0 bridgehead atoms. The molecule has 0 aromatic carbocycles. The maximum atomic E-state index is 13.0. The van der Waals surface area contributed by atoms with Crippen LogP contribution in [-0.4, -0.2) is 55.4 Å². The number of H-pyrrole nitrogens is 2. The number of nitrogen functional groups attached to an aromatic ring is 2. The van der Waals surface area contributed by atoms with E-state index in [-0.39, 0.29) is 53.5 Å². The highest BCUT2D eigenvalue weighted by atomic mass is 16.1. The molecular formula is C13H12N12O3. The predicted octanol–water partition coefficient (Wildman–Crippen LogP) is -2.86. The number of anilines is 2. The number of hydrogen-bond acceptors (Lipinski definition) is 11. The van der Waals surface area contributed by atoms with Crippen LogP contribution in [0.4, 0.5) is 11.9 Å². The standard InChI is InChI=1S/C13H12N12O3/c14-9-18-20-11-16-5(7(27)22-24(9)11)13(3-1-2-4(13)26)6-8(28)23-25-10(15)19-21-12(25)17-6/h1-3H2,(H2,14,18)(H2,15,19)(H,22,27)(H,23,28). The van der Waals surface area contributed by atoms with Gasteiger partial charge in [0.25, 0.3) is 22.7 Å². The van der Waals surface area contributed by atoms with Gasteiger partial charge in [-0.05, 0) is 12.8 Å². The zero-order valence-corrected chi connectivity index (χ0v) is 14.1. The average molecular weight is 384 g/mol. The van der Waals surface area contributed by atoms with E-state index in [2.05, 4.69) is 40.6 Å². The zero-order chi connectivity index (χ0) is 19.6. The van der Waals surface area contributed by atoms with Crippen LogP contribution in [0.5, 0.6) is 0 Å². The fraction of sp³-hybridized carbons (Fsp3) is 0.308. The van der Waals surface area contributed by atoms with Crippen molar-refractivity contribution in [3.05, 3.63) is 32.1 Å². The Labute approximate surface area is 152 Å². The third-order valence-corrected chi connectivity index (χ3v) is 4.86. The number of aromatic nitrogens is 10. The smallest absolute Gasteiger partial charge is 0.286 e. The summed E-state index contributed by atoms with van der Waals surface area (Å²) in [6.45, 7) is 0. The second-order valence-corrected chi connectivity index (χ2v) is 6.37. The summed E-state index contributed by atoms with van der Waals surface area (Å²) in [5.74, 6) is -0.550. The van der Waals surface area contributed by atoms with Crippen molar-refractivity contribution in [1.29, 1.82) is 0 Å².